The molecule has 0 N–H and O–H groups in total. The van der Waals surface area contributed by atoms with Crippen LogP contribution in [0.15, 0.2) is 48.5 Å². The van der Waals surface area contributed by atoms with Crippen molar-refractivity contribution in [3.63, 3.8) is 0 Å². The summed E-state index contributed by atoms with van der Waals surface area (Å²) in [5.74, 6) is -0.588. The van der Waals surface area contributed by atoms with Crippen LogP contribution in [0.4, 0.5) is 4.79 Å². The van der Waals surface area contributed by atoms with Crippen LogP contribution in [0.3, 0.4) is 0 Å². The molecule has 0 radical (unpaired) electrons. The Labute approximate surface area is 211 Å². The SMILES string of the molecule is COC(=O)[C@@H]1CN(C(=O)OCC2c3ccccc3-c3ccccc32)CC12CN(C(=O)[C@H]1CC1(C)C)C2. The van der Waals surface area contributed by atoms with E-state index < -0.39 is 17.4 Å². The molecule has 2 aliphatic heterocycles. The quantitative estimate of drug-likeness (QED) is 0.610. The zero-order valence-corrected chi connectivity index (χ0v) is 21.0. The maximum Gasteiger partial charge on any atom is 0.409 e. The molecule has 1 spiro atoms. The fourth-order valence-corrected chi connectivity index (χ4v) is 6.56. The molecule has 0 unspecified atom stereocenters. The van der Waals surface area contributed by atoms with Crippen LogP contribution < -0.4 is 0 Å². The van der Waals surface area contributed by atoms with Gasteiger partial charge in [0.1, 0.15) is 6.61 Å². The molecule has 2 aromatic rings. The van der Waals surface area contributed by atoms with E-state index in [0.717, 1.165) is 17.5 Å². The minimum atomic E-state index is -0.465. The zero-order valence-electron chi connectivity index (χ0n) is 21.0. The normalized spacial score (nSPS) is 24.6. The average molecular weight is 489 g/mol. The first-order valence-corrected chi connectivity index (χ1v) is 12.7. The maximum atomic E-state index is 13.2. The van der Waals surface area contributed by atoms with Gasteiger partial charge in [-0.1, -0.05) is 62.4 Å². The predicted molar refractivity (Wildman–Crippen MR) is 133 cm³/mol. The number of ether oxygens (including phenoxy) is 2. The molecule has 2 saturated heterocycles. The Morgan fingerprint density at radius 3 is 2.00 bits per heavy atom. The van der Waals surface area contributed by atoms with E-state index in [0.29, 0.717) is 19.6 Å². The second-order valence-electron chi connectivity index (χ2n) is 11.6. The van der Waals surface area contributed by atoms with Crippen LogP contribution in [0.1, 0.15) is 37.3 Å². The van der Waals surface area contributed by atoms with E-state index >= 15 is 0 Å². The molecule has 2 aliphatic carbocycles. The summed E-state index contributed by atoms with van der Waals surface area (Å²) in [6, 6.07) is 16.5. The van der Waals surface area contributed by atoms with Gasteiger partial charge in [-0.25, -0.2) is 4.79 Å². The number of carbonyl (C=O) groups is 3. The minimum Gasteiger partial charge on any atom is -0.469 e. The Hall–Kier alpha value is -3.35. The van der Waals surface area contributed by atoms with Gasteiger partial charge in [-0.05, 0) is 34.1 Å². The van der Waals surface area contributed by atoms with E-state index in [1.807, 2.05) is 29.2 Å². The number of hydrogen-bond donors (Lipinski definition) is 0. The van der Waals surface area contributed by atoms with E-state index in [1.54, 1.807) is 4.90 Å². The summed E-state index contributed by atoms with van der Waals surface area (Å²) in [6.07, 6.45) is 0.484. The fraction of sp³-hybridized carbons (Fsp3) is 0.483. The predicted octanol–water partition coefficient (Wildman–Crippen LogP) is 3.92. The summed E-state index contributed by atoms with van der Waals surface area (Å²) in [7, 11) is 1.38. The molecule has 188 valence electrons. The molecule has 4 aliphatic rings. The molecule has 7 nitrogen and oxygen atoms in total. The fourth-order valence-electron chi connectivity index (χ4n) is 6.56. The van der Waals surface area contributed by atoms with Crippen molar-refractivity contribution in [3.8, 4) is 11.1 Å². The van der Waals surface area contributed by atoms with Gasteiger partial charge in [0.05, 0.1) is 13.0 Å². The highest BCUT2D eigenvalue weighted by atomic mass is 16.6. The van der Waals surface area contributed by atoms with E-state index in [-0.39, 0.29) is 42.3 Å². The number of esters is 1. The molecule has 2 aromatic carbocycles. The molecular formula is C29H32N2O5. The van der Waals surface area contributed by atoms with Crippen LogP contribution in [0.25, 0.3) is 11.1 Å². The van der Waals surface area contributed by atoms with Crippen molar-refractivity contribution in [1.82, 2.24) is 9.80 Å². The van der Waals surface area contributed by atoms with Gasteiger partial charge in [0.15, 0.2) is 0 Å². The number of carbonyl (C=O) groups excluding carboxylic acids is 3. The van der Waals surface area contributed by atoms with Gasteiger partial charge in [-0.3, -0.25) is 9.59 Å². The summed E-state index contributed by atoms with van der Waals surface area (Å²) < 4.78 is 10.9. The van der Waals surface area contributed by atoms with Gasteiger partial charge >= 0.3 is 12.1 Å². The van der Waals surface area contributed by atoms with Crippen LogP contribution >= 0.6 is 0 Å². The zero-order chi connectivity index (χ0) is 25.2. The van der Waals surface area contributed by atoms with Crippen LogP contribution in [-0.2, 0) is 19.1 Å². The largest absolute Gasteiger partial charge is 0.469 e. The van der Waals surface area contributed by atoms with Crippen LogP contribution in [0, 0.1) is 22.7 Å². The van der Waals surface area contributed by atoms with Gasteiger partial charge in [-0.15, -0.1) is 0 Å². The minimum absolute atomic E-state index is 0.0203. The first kappa shape index (κ1) is 23.1. The lowest BCUT2D eigenvalue weighted by Crippen LogP contribution is -2.63. The Bertz CT molecular complexity index is 1200. The second-order valence-corrected chi connectivity index (χ2v) is 11.6. The molecule has 36 heavy (non-hydrogen) atoms. The molecule has 7 heteroatoms. The molecule has 6 rings (SSSR count). The topological polar surface area (TPSA) is 76.2 Å². The van der Waals surface area contributed by atoms with Gasteiger partial charge < -0.3 is 19.3 Å². The molecule has 2 heterocycles. The summed E-state index contributed by atoms with van der Waals surface area (Å²) in [5, 5.41) is 0. The molecule has 1 saturated carbocycles. The first-order valence-electron chi connectivity index (χ1n) is 12.7. The highest BCUT2D eigenvalue weighted by molar-refractivity contribution is 5.85. The summed E-state index contributed by atoms with van der Waals surface area (Å²) in [4.78, 5) is 42.2. The lowest BCUT2D eigenvalue weighted by Gasteiger charge is -2.50. The second kappa shape index (κ2) is 8.08. The van der Waals surface area contributed by atoms with Crippen molar-refractivity contribution < 1.29 is 23.9 Å². The van der Waals surface area contributed by atoms with Crippen LogP contribution in [0.5, 0.6) is 0 Å². The van der Waals surface area contributed by atoms with E-state index in [1.165, 1.54) is 18.2 Å². The standard InChI is InChI=1S/C29H32N2O5/c1-28(2)12-23(28)25(32)31-16-29(17-31)15-30(13-24(29)26(33)35-3)27(34)36-14-22-20-10-6-4-8-18(20)19-9-5-7-11-21(19)22/h4-11,22-24H,12-17H2,1-3H3/t23-,24+/m1/s1. The Morgan fingerprint density at radius 2 is 1.44 bits per heavy atom. The smallest absolute Gasteiger partial charge is 0.409 e. The number of nitrogens with zero attached hydrogens (tertiary/aromatic N) is 2. The monoisotopic (exact) mass is 488 g/mol. The third kappa shape index (κ3) is 3.51. The van der Waals surface area contributed by atoms with E-state index in [4.69, 9.17) is 9.47 Å². The molecule has 2 amide bonds. The van der Waals surface area contributed by atoms with Crippen LogP contribution in [0.2, 0.25) is 0 Å². The van der Waals surface area contributed by atoms with Crippen molar-refractivity contribution in [2.24, 2.45) is 22.7 Å². The number of amides is 2. The molecular weight excluding hydrogens is 456 g/mol. The Kier molecular flexibility index (Phi) is 5.18. The number of methoxy groups -OCH3 is 1. The third-order valence-corrected chi connectivity index (χ3v) is 8.86. The molecule has 0 bridgehead atoms. The molecule has 0 aromatic heterocycles. The third-order valence-electron chi connectivity index (χ3n) is 8.86. The van der Waals surface area contributed by atoms with Crippen molar-refractivity contribution in [2.75, 3.05) is 39.9 Å². The van der Waals surface area contributed by atoms with Gasteiger partial charge in [0.2, 0.25) is 5.91 Å². The summed E-state index contributed by atoms with van der Waals surface area (Å²) in [5.41, 5.74) is 4.27. The molecule has 3 fully saturated rings. The maximum absolute atomic E-state index is 13.2. The van der Waals surface area contributed by atoms with Gasteiger partial charge in [0, 0.05) is 43.4 Å². The Balaban J connectivity index is 1.14. The lowest BCUT2D eigenvalue weighted by molar-refractivity contribution is -0.160. The summed E-state index contributed by atoms with van der Waals surface area (Å²) in [6.45, 7) is 6.05. The summed E-state index contributed by atoms with van der Waals surface area (Å²) >= 11 is 0. The Morgan fingerprint density at radius 1 is 0.889 bits per heavy atom. The van der Waals surface area contributed by atoms with Crippen molar-refractivity contribution in [1.29, 1.82) is 0 Å². The van der Waals surface area contributed by atoms with Crippen LogP contribution in [-0.4, -0.2) is 67.7 Å². The number of fused-ring (bicyclic) bond motifs is 3. The van der Waals surface area contributed by atoms with Crippen molar-refractivity contribution in [2.45, 2.75) is 26.2 Å². The molecule has 2 atom stereocenters. The first-order chi connectivity index (χ1) is 17.2. The highest BCUT2D eigenvalue weighted by Crippen LogP contribution is 2.54. The van der Waals surface area contributed by atoms with Gasteiger partial charge in [-0.2, -0.15) is 0 Å². The number of likely N-dealkylation sites (tertiary alicyclic amines) is 2. The number of benzene rings is 2. The number of rotatable bonds is 4. The van der Waals surface area contributed by atoms with Gasteiger partial charge in [0.25, 0.3) is 0 Å². The van der Waals surface area contributed by atoms with E-state index in [2.05, 4.69) is 38.1 Å². The van der Waals surface area contributed by atoms with E-state index in [9.17, 15) is 14.4 Å². The number of hydrogen-bond acceptors (Lipinski definition) is 5. The van der Waals surface area contributed by atoms with Crippen molar-refractivity contribution in [3.05, 3.63) is 59.7 Å². The van der Waals surface area contributed by atoms with Crippen molar-refractivity contribution >= 4 is 18.0 Å². The lowest BCUT2D eigenvalue weighted by atomic mass is 9.71. The highest BCUT2D eigenvalue weighted by Gasteiger charge is 2.62. The average Bonchev–Trinajstić information content (AvgIpc) is 3.19.